The van der Waals surface area contributed by atoms with Crippen molar-refractivity contribution in [2.24, 2.45) is 7.05 Å². The van der Waals surface area contributed by atoms with Crippen LogP contribution < -0.4 is 0 Å². The maximum Gasteiger partial charge on any atom is 0.271 e. The highest BCUT2D eigenvalue weighted by molar-refractivity contribution is 5.93. The first kappa shape index (κ1) is 14.9. The minimum atomic E-state index is 0.0153. The van der Waals surface area contributed by atoms with Crippen LogP contribution in [0, 0.1) is 6.92 Å². The average Bonchev–Trinajstić information content (AvgIpc) is 3.23. The maximum absolute atomic E-state index is 13.0. The van der Waals surface area contributed by atoms with Crippen molar-refractivity contribution in [3.63, 3.8) is 0 Å². The molecule has 0 radical (unpaired) electrons. The van der Waals surface area contributed by atoms with Gasteiger partial charge in [0.05, 0.1) is 11.7 Å². The first-order chi connectivity index (χ1) is 11.6. The third-order valence-corrected chi connectivity index (χ3v) is 4.86. The lowest BCUT2D eigenvalue weighted by Crippen LogP contribution is -2.39. The van der Waals surface area contributed by atoms with E-state index in [-0.39, 0.29) is 11.9 Å². The van der Waals surface area contributed by atoms with Gasteiger partial charge in [0.25, 0.3) is 5.91 Å². The van der Waals surface area contributed by atoms with Crippen LogP contribution in [0.1, 0.15) is 47.2 Å². The first-order valence-corrected chi connectivity index (χ1v) is 8.38. The summed E-state index contributed by atoms with van der Waals surface area (Å²) >= 11 is 0. The maximum atomic E-state index is 13.0. The molecule has 6 nitrogen and oxygen atoms in total. The summed E-state index contributed by atoms with van der Waals surface area (Å²) in [4.78, 5) is 24.0. The molecule has 4 heterocycles. The van der Waals surface area contributed by atoms with Gasteiger partial charge < -0.3 is 9.47 Å². The summed E-state index contributed by atoms with van der Waals surface area (Å²) in [7, 11) is 1.91. The molecule has 1 amide bonds. The van der Waals surface area contributed by atoms with Crippen molar-refractivity contribution >= 4 is 11.7 Å². The summed E-state index contributed by atoms with van der Waals surface area (Å²) < 4.78 is 3.85. The zero-order valence-electron chi connectivity index (χ0n) is 14.0. The number of likely N-dealkylation sites (tertiary alicyclic amines) is 1. The summed E-state index contributed by atoms with van der Waals surface area (Å²) in [6, 6.07) is 5.88. The number of carbonyl (C=O) groups excluding carboxylic acids is 1. The molecule has 0 N–H and O–H groups in total. The standard InChI is InChI=1S/C18H21N5O/c1-13-12-14(20-18-19-8-11-22(13)18)15-6-3-4-10-23(15)17(24)16-7-5-9-21(16)2/h5,7-9,11-12,15H,3-4,6,10H2,1-2H3. The van der Waals surface area contributed by atoms with E-state index in [4.69, 9.17) is 4.98 Å². The van der Waals surface area contributed by atoms with Crippen molar-refractivity contribution in [1.29, 1.82) is 0 Å². The van der Waals surface area contributed by atoms with E-state index in [1.807, 2.05) is 52.4 Å². The van der Waals surface area contributed by atoms with Gasteiger partial charge in [-0.1, -0.05) is 0 Å². The van der Waals surface area contributed by atoms with Crippen LogP contribution in [0.5, 0.6) is 0 Å². The highest BCUT2D eigenvalue weighted by Gasteiger charge is 2.31. The molecule has 24 heavy (non-hydrogen) atoms. The Morgan fingerprint density at radius 1 is 1.29 bits per heavy atom. The lowest BCUT2D eigenvalue weighted by Gasteiger charge is -2.35. The van der Waals surface area contributed by atoms with Crippen LogP contribution in [-0.4, -0.2) is 36.3 Å². The lowest BCUT2D eigenvalue weighted by molar-refractivity contribution is 0.0596. The van der Waals surface area contributed by atoms with Crippen LogP contribution in [0.2, 0.25) is 0 Å². The second-order valence-corrected chi connectivity index (χ2v) is 6.43. The first-order valence-electron chi connectivity index (χ1n) is 8.38. The van der Waals surface area contributed by atoms with Crippen LogP contribution in [0.15, 0.2) is 36.8 Å². The summed E-state index contributed by atoms with van der Waals surface area (Å²) in [5.74, 6) is 0.775. The van der Waals surface area contributed by atoms with Gasteiger partial charge in [0, 0.05) is 37.9 Å². The molecule has 3 aromatic rings. The molecule has 4 rings (SSSR count). The van der Waals surface area contributed by atoms with E-state index in [9.17, 15) is 4.79 Å². The van der Waals surface area contributed by atoms with Crippen molar-refractivity contribution in [3.8, 4) is 0 Å². The van der Waals surface area contributed by atoms with E-state index < -0.39 is 0 Å². The molecule has 6 heteroatoms. The SMILES string of the molecule is Cc1cc(C2CCCCN2C(=O)c2cccn2C)nc2nccn12. The molecule has 0 saturated carbocycles. The van der Waals surface area contributed by atoms with Crippen LogP contribution >= 0.6 is 0 Å². The number of aromatic nitrogens is 4. The molecule has 1 fully saturated rings. The van der Waals surface area contributed by atoms with Crippen LogP contribution in [0.3, 0.4) is 0 Å². The van der Waals surface area contributed by atoms with Gasteiger partial charge >= 0.3 is 0 Å². The van der Waals surface area contributed by atoms with Gasteiger partial charge in [0.1, 0.15) is 5.69 Å². The van der Waals surface area contributed by atoms with E-state index in [1.54, 1.807) is 6.20 Å². The monoisotopic (exact) mass is 323 g/mol. The minimum absolute atomic E-state index is 0.0153. The number of carbonyl (C=O) groups is 1. The number of rotatable bonds is 2. The quantitative estimate of drug-likeness (QED) is 0.728. The van der Waals surface area contributed by atoms with Gasteiger partial charge in [-0.3, -0.25) is 9.20 Å². The summed E-state index contributed by atoms with van der Waals surface area (Å²) in [5.41, 5.74) is 2.75. The smallest absolute Gasteiger partial charge is 0.271 e. The Morgan fingerprint density at radius 3 is 2.96 bits per heavy atom. The number of amides is 1. The van der Waals surface area contributed by atoms with Crippen LogP contribution in [-0.2, 0) is 7.05 Å². The molecule has 1 saturated heterocycles. The topological polar surface area (TPSA) is 55.4 Å². The number of hydrogen-bond acceptors (Lipinski definition) is 3. The van der Waals surface area contributed by atoms with E-state index in [0.29, 0.717) is 5.78 Å². The molecule has 1 unspecified atom stereocenters. The molecule has 0 aromatic carbocycles. The minimum Gasteiger partial charge on any atom is -0.347 e. The second kappa shape index (κ2) is 5.78. The molecule has 1 aliphatic heterocycles. The Hall–Kier alpha value is -2.63. The summed E-state index contributed by atoms with van der Waals surface area (Å²) in [6.07, 6.45) is 8.67. The average molecular weight is 323 g/mol. The van der Waals surface area contributed by atoms with E-state index in [1.165, 1.54) is 0 Å². The molecule has 0 aliphatic carbocycles. The van der Waals surface area contributed by atoms with E-state index >= 15 is 0 Å². The number of aryl methyl sites for hydroxylation is 2. The Morgan fingerprint density at radius 2 is 2.17 bits per heavy atom. The molecule has 3 aromatic heterocycles. The van der Waals surface area contributed by atoms with Crippen LogP contribution in [0.25, 0.3) is 5.78 Å². The zero-order valence-corrected chi connectivity index (χ0v) is 14.0. The largest absolute Gasteiger partial charge is 0.347 e. The van der Waals surface area contributed by atoms with E-state index in [0.717, 1.165) is 42.9 Å². The third-order valence-electron chi connectivity index (χ3n) is 4.86. The predicted molar refractivity (Wildman–Crippen MR) is 90.8 cm³/mol. The van der Waals surface area contributed by atoms with Crippen molar-refractivity contribution in [2.75, 3.05) is 6.54 Å². The Bertz CT molecular complexity index is 894. The van der Waals surface area contributed by atoms with Gasteiger partial charge in [0.2, 0.25) is 5.78 Å². The molecule has 124 valence electrons. The highest BCUT2D eigenvalue weighted by atomic mass is 16.2. The summed E-state index contributed by atoms with van der Waals surface area (Å²) in [5, 5.41) is 0. The molecule has 1 aliphatic rings. The zero-order chi connectivity index (χ0) is 16.7. The molecule has 1 atom stereocenters. The molecule has 0 bridgehead atoms. The fourth-order valence-electron chi connectivity index (χ4n) is 3.57. The Labute approximate surface area is 140 Å². The van der Waals surface area contributed by atoms with E-state index in [2.05, 4.69) is 11.1 Å². The predicted octanol–water partition coefficient (Wildman–Crippen LogP) is 2.74. The van der Waals surface area contributed by atoms with Crippen molar-refractivity contribution in [1.82, 2.24) is 23.8 Å². The van der Waals surface area contributed by atoms with Gasteiger partial charge in [-0.05, 0) is 44.4 Å². The number of hydrogen-bond donors (Lipinski definition) is 0. The van der Waals surface area contributed by atoms with Crippen LogP contribution in [0.4, 0.5) is 0 Å². The third kappa shape index (κ3) is 2.38. The van der Waals surface area contributed by atoms with Gasteiger partial charge in [-0.25, -0.2) is 9.97 Å². The normalized spacial score (nSPS) is 18.2. The Balaban J connectivity index is 1.73. The Kier molecular flexibility index (Phi) is 3.59. The number of imidazole rings is 1. The fourth-order valence-corrected chi connectivity index (χ4v) is 3.57. The number of fused-ring (bicyclic) bond motifs is 1. The fraction of sp³-hybridized carbons (Fsp3) is 0.389. The van der Waals surface area contributed by atoms with Crippen molar-refractivity contribution < 1.29 is 4.79 Å². The lowest BCUT2D eigenvalue weighted by atomic mass is 9.98. The van der Waals surface area contributed by atoms with Gasteiger partial charge in [-0.15, -0.1) is 0 Å². The molecular formula is C18H21N5O. The number of piperidine rings is 1. The van der Waals surface area contributed by atoms with Crippen molar-refractivity contribution in [2.45, 2.75) is 32.2 Å². The summed E-state index contributed by atoms with van der Waals surface area (Å²) in [6.45, 7) is 2.82. The number of nitrogens with zero attached hydrogens (tertiary/aromatic N) is 5. The van der Waals surface area contributed by atoms with Gasteiger partial charge in [0.15, 0.2) is 0 Å². The highest BCUT2D eigenvalue weighted by Crippen LogP contribution is 2.31. The van der Waals surface area contributed by atoms with Gasteiger partial charge in [-0.2, -0.15) is 0 Å². The molecule has 0 spiro atoms. The van der Waals surface area contributed by atoms with Crippen molar-refractivity contribution in [3.05, 3.63) is 53.9 Å². The molecular weight excluding hydrogens is 302 g/mol. The second-order valence-electron chi connectivity index (χ2n) is 6.43.